The van der Waals surface area contributed by atoms with Crippen molar-refractivity contribution >= 4 is 114 Å². The van der Waals surface area contributed by atoms with E-state index in [9.17, 15) is 0 Å². The van der Waals surface area contributed by atoms with Gasteiger partial charge in [-0.2, -0.15) is 0 Å². The molecule has 0 amide bonds. The SMILES string of the molecule is Cc1c([Si](Cl)(c2ccc([Si](C)(C)C)c([Si](C)(C)C)c2C)c2ccc([Si](C)(C)C)c([Si](C)(C)C)c2C)ccc([Si](C)(C)C)c1[Si](C)(C)C. The number of benzene rings is 3. The van der Waals surface area contributed by atoms with Crippen molar-refractivity contribution in [3.8, 4) is 0 Å². The first-order chi connectivity index (χ1) is 20.8. The summed E-state index contributed by atoms with van der Waals surface area (Å²) in [6, 6.07) is 15.2. The molecule has 0 aliphatic rings. The van der Waals surface area contributed by atoms with Crippen LogP contribution < -0.4 is 46.7 Å². The molecule has 3 aromatic rings. The Bertz CT molecular complexity index is 1470. The third kappa shape index (κ3) is 7.87. The molecule has 0 N–H and O–H groups in total. The normalized spacial score (nSPS) is 14.2. The highest BCUT2D eigenvalue weighted by molar-refractivity contribution is 7.41. The molecule has 47 heavy (non-hydrogen) atoms. The van der Waals surface area contributed by atoms with Crippen molar-refractivity contribution in [1.82, 2.24) is 0 Å². The second-order valence-corrected chi connectivity index (χ2v) is 55.4. The van der Waals surface area contributed by atoms with E-state index in [1.54, 1.807) is 31.1 Å². The van der Waals surface area contributed by atoms with Crippen molar-refractivity contribution in [2.75, 3.05) is 0 Å². The van der Waals surface area contributed by atoms with Crippen LogP contribution in [0.15, 0.2) is 36.4 Å². The third-order valence-corrected chi connectivity index (χ3v) is 29.1. The molecule has 0 fully saturated rings. The molecule has 8 heteroatoms. The highest BCUT2D eigenvalue weighted by atomic mass is 35.6. The van der Waals surface area contributed by atoms with Gasteiger partial charge < -0.3 is 0 Å². The number of rotatable bonds is 9. The van der Waals surface area contributed by atoms with Gasteiger partial charge in [-0.05, 0) is 36.3 Å². The van der Waals surface area contributed by atoms with Gasteiger partial charge in [0.25, 0.3) is 0 Å². The van der Waals surface area contributed by atoms with Gasteiger partial charge in [0.2, 0.25) is 7.38 Å². The van der Waals surface area contributed by atoms with Gasteiger partial charge in [-0.3, -0.25) is 0 Å². The Morgan fingerprint density at radius 3 is 0.617 bits per heavy atom. The van der Waals surface area contributed by atoms with Crippen molar-refractivity contribution in [3.63, 3.8) is 0 Å². The summed E-state index contributed by atoms with van der Waals surface area (Å²) in [7, 11) is -12.8. The Kier molecular flexibility index (Phi) is 11.2. The van der Waals surface area contributed by atoms with E-state index in [0.29, 0.717) is 0 Å². The molecule has 0 unspecified atom stereocenters. The monoisotopic (exact) mass is 768 g/mol. The van der Waals surface area contributed by atoms with Crippen LogP contribution in [-0.4, -0.2) is 55.8 Å². The average molecular weight is 770 g/mol. The van der Waals surface area contributed by atoms with Gasteiger partial charge in [-0.25, -0.2) is 0 Å². The molecule has 0 atom stereocenters. The first-order valence-electron chi connectivity index (χ1n) is 17.9. The van der Waals surface area contributed by atoms with Gasteiger partial charge in [0.1, 0.15) is 0 Å². The lowest BCUT2D eigenvalue weighted by molar-refractivity contribution is 1.49. The largest absolute Gasteiger partial charge is 0.248 e. The maximum Gasteiger partial charge on any atom is 0.248 e. The van der Waals surface area contributed by atoms with Gasteiger partial charge in [0.05, 0.1) is 48.4 Å². The van der Waals surface area contributed by atoms with Gasteiger partial charge >= 0.3 is 0 Å². The highest BCUT2D eigenvalue weighted by Crippen LogP contribution is 2.22. The molecular formula is C39H69ClSi7. The Balaban J connectivity index is 2.75. The molecule has 3 rings (SSSR count). The molecular weight excluding hydrogens is 700 g/mol. The molecule has 0 aliphatic carbocycles. The van der Waals surface area contributed by atoms with E-state index in [2.05, 4.69) is 175 Å². The smallest absolute Gasteiger partial charge is 0.149 e. The van der Waals surface area contributed by atoms with E-state index in [0.717, 1.165) is 0 Å². The lowest BCUT2D eigenvalue weighted by Gasteiger charge is -2.39. The molecule has 3 aromatic carbocycles. The molecule has 0 heterocycles. The molecule has 0 bridgehead atoms. The van der Waals surface area contributed by atoms with Crippen LogP contribution >= 0.6 is 11.1 Å². The van der Waals surface area contributed by atoms with Crippen molar-refractivity contribution in [2.24, 2.45) is 0 Å². The second kappa shape index (κ2) is 12.9. The molecule has 0 aromatic heterocycles. The molecule has 0 aliphatic heterocycles. The van der Waals surface area contributed by atoms with Gasteiger partial charge in [0, 0.05) is 0 Å². The zero-order chi connectivity index (χ0) is 36.7. The summed E-state index contributed by atoms with van der Waals surface area (Å²) in [5.74, 6) is 0. The van der Waals surface area contributed by atoms with Crippen molar-refractivity contribution in [1.29, 1.82) is 0 Å². The first kappa shape index (κ1) is 40.9. The van der Waals surface area contributed by atoms with Gasteiger partial charge in [0.15, 0.2) is 0 Å². The van der Waals surface area contributed by atoms with E-state index < -0.39 is 55.8 Å². The van der Waals surface area contributed by atoms with Crippen LogP contribution in [0.4, 0.5) is 0 Å². The standard InChI is InChI=1S/C39H69ClSi7/c1-28-31(22-25-34(41(4,5)6)37(28)44(13,14)15)47(40,32-23-26-35(42(7,8)9)38(29(32)2)45(16,17)18)33-24-27-36(43(10,11)12)39(30(33)3)46(19,20)21/h22-27H,1-21H3. The van der Waals surface area contributed by atoms with Gasteiger partial charge in [-0.15, -0.1) is 11.1 Å². The average Bonchev–Trinajstić information content (AvgIpc) is 2.83. The minimum Gasteiger partial charge on any atom is -0.149 e. The highest BCUT2D eigenvalue weighted by Gasteiger charge is 2.46. The first-order valence-corrected chi connectivity index (χ1v) is 41.9. The Hall–Kier alpha value is -0.532. The van der Waals surface area contributed by atoms with Crippen molar-refractivity contribution in [2.45, 2.75) is 139 Å². The van der Waals surface area contributed by atoms with Crippen LogP contribution in [0.1, 0.15) is 16.7 Å². The molecule has 0 radical (unpaired) electrons. The fourth-order valence-electron chi connectivity index (χ4n) is 8.46. The molecule has 0 saturated carbocycles. The van der Waals surface area contributed by atoms with E-state index in [1.165, 1.54) is 32.3 Å². The summed E-state index contributed by atoms with van der Waals surface area (Å²) in [6.45, 7) is 53.0. The van der Waals surface area contributed by atoms with Crippen molar-refractivity contribution in [3.05, 3.63) is 53.1 Å². The van der Waals surface area contributed by atoms with Crippen LogP contribution in [0.5, 0.6) is 0 Å². The Morgan fingerprint density at radius 2 is 0.468 bits per heavy atom. The quantitative estimate of drug-likeness (QED) is 0.124. The summed E-state index contributed by atoms with van der Waals surface area (Å²) in [4.78, 5) is 0. The van der Waals surface area contributed by atoms with Crippen LogP contribution in [0.3, 0.4) is 0 Å². The number of halogens is 1. The summed E-state index contributed by atoms with van der Waals surface area (Å²) in [6.07, 6.45) is 0. The molecule has 0 nitrogen and oxygen atoms in total. The fraction of sp³-hybridized carbons (Fsp3) is 0.538. The van der Waals surface area contributed by atoms with E-state index >= 15 is 0 Å². The molecule has 260 valence electrons. The Morgan fingerprint density at radius 1 is 0.298 bits per heavy atom. The maximum atomic E-state index is 8.82. The topological polar surface area (TPSA) is 0 Å². The second-order valence-electron chi connectivity index (χ2n) is 20.6. The Labute approximate surface area is 303 Å². The predicted molar refractivity (Wildman–Crippen MR) is 242 cm³/mol. The third-order valence-electron chi connectivity index (χ3n) is 10.2. The summed E-state index contributed by atoms with van der Waals surface area (Å²) >= 11 is 8.82. The fourth-order valence-corrected chi connectivity index (χ4v) is 32.2. The van der Waals surface area contributed by atoms with Crippen LogP contribution in [0.2, 0.25) is 118 Å². The summed E-state index contributed by atoms with van der Waals surface area (Å²) < 4.78 is 0. The zero-order valence-electron chi connectivity index (χ0n) is 34.3. The van der Waals surface area contributed by atoms with Gasteiger partial charge in [-0.1, -0.05) is 202 Å². The van der Waals surface area contributed by atoms with Crippen LogP contribution in [-0.2, 0) is 0 Å². The lowest BCUT2D eigenvalue weighted by atomic mass is 10.2. The number of hydrogen-bond donors (Lipinski definition) is 0. The van der Waals surface area contributed by atoms with Crippen LogP contribution in [0, 0.1) is 20.8 Å². The molecule has 0 saturated heterocycles. The van der Waals surface area contributed by atoms with E-state index in [1.807, 2.05) is 0 Å². The maximum absolute atomic E-state index is 8.82. The van der Waals surface area contributed by atoms with E-state index in [4.69, 9.17) is 11.1 Å². The predicted octanol–water partition coefficient (Wildman–Crippen LogP) is 7.09. The minimum absolute atomic E-state index is 1.44. The summed E-state index contributed by atoms with van der Waals surface area (Å²) in [5.41, 5.74) is 4.49. The van der Waals surface area contributed by atoms with Crippen molar-refractivity contribution < 1.29 is 0 Å². The zero-order valence-corrected chi connectivity index (χ0v) is 42.1. The lowest BCUT2D eigenvalue weighted by Crippen LogP contribution is -2.71. The number of hydrogen-bond acceptors (Lipinski definition) is 0. The van der Waals surface area contributed by atoms with E-state index in [-0.39, 0.29) is 0 Å². The summed E-state index contributed by atoms with van der Waals surface area (Å²) in [5, 5.41) is 14.3. The molecule has 0 spiro atoms. The minimum atomic E-state index is -3.00. The van der Waals surface area contributed by atoms with Crippen LogP contribution in [0.25, 0.3) is 0 Å².